The van der Waals surface area contributed by atoms with Crippen LogP contribution in [0.5, 0.6) is 5.75 Å². The number of aryl methyl sites for hydroxylation is 2. The summed E-state index contributed by atoms with van der Waals surface area (Å²) in [6.07, 6.45) is 1.25. The number of para-hydroxylation sites is 1. The Morgan fingerprint density at radius 3 is 2.87 bits per heavy atom. The van der Waals surface area contributed by atoms with Gasteiger partial charge in [-0.3, -0.25) is 4.79 Å². The van der Waals surface area contributed by atoms with Crippen molar-refractivity contribution in [3.8, 4) is 5.75 Å². The summed E-state index contributed by atoms with van der Waals surface area (Å²) in [5.41, 5.74) is 2.02. The van der Waals surface area contributed by atoms with Gasteiger partial charge in [-0.05, 0) is 25.0 Å². The Bertz CT molecular complexity index is 652. The van der Waals surface area contributed by atoms with Crippen LogP contribution in [0.1, 0.15) is 23.0 Å². The van der Waals surface area contributed by atoms with Crippen molar-refractivity contribution in [2.24, 2.45) is 0 Å². The number of ether oxygens (including phenoxy) is 2. The van der Waals surface area contributed by atoms with E-state index in [1.54, 1.807) is 4.90 Å². The van der Waals surface area contributed by atoms with Crippen LogP contribution in [0.25, 0.3) is 0 Å². The maximum atomic E-state index is 12.6. The number of rotatable bonds is 4. The molecule has 3 rings (SSSR count). The number of aromatic nitrogens is 2. The minimum absolute atomic E-state index is 0.0277. The van der Waals surface area contributed by atoms with Gasteiger partial charge in [0.15, 0.2) is 12.4 Å². The third kappa shape index (κ3) is 3.34. The molecule has 7 nitrogen and oxygen atoms in total. The highest BCUT2D eigenvalue weighted by atomic mass is 16.5. The maximum absolute atomic E-state index is 12.6. The van der Waals surface area contributed by atoms with Crippen LogP contribution in [0.15, 0.2) is 29.1 Å². The van der Waals surface area contributed by atoms with Crippen molar-refractivity contribution in [3.05, 3.63) is 41.5 Å². The summed E-state index contributed by atoms with van der Waals surface area (Å²) >= 11 is 0. The summed E-state index contributed by atoms with van der Waals surface area (Å²) in [5, 5.41) is 3.82. The number of morpholine rings is 1. The first-order valence-corrected chi connectivity index (χ1v) is 7.49. The predicted octanol–water partition coefficient (Wildman–Crippen LogP) is 1.67. The van der Waals surface area contributed by atoms with Crippen molar-refractivity contribution in [3.63, 3.8) is 0 Å². The molecular weight excluding hydrogens is 298 g/mol. The Kier molecular flexibility index (Phi) is 4.57. The number of amides is 1. The van der Waals surface area contributed by atoms with Gasteiger partial charge in [0.05, 0.1) is 13.2 Å². The first kappa shape index (κ1) is 15.5. The molecule has 0 spiro atoms. The van der Waals surface area contributed by atoms with Crippen LogP contribution in [0, 0.1) is 13.8 Å². The first-order valence-electron chi connectivity index (χ1n) is 7.49. The van der Waals surface area contributed by atoms with Crippen LogP contribution in [-0.4, -0.2) is 47.3 Å². The van der Waals surface area contributed by atoms with E-state index in [-0.39, 0.29) is 18.6 Å². The van der Waals surface area contributed by atoms with Crippen molar-refractivity contribution in [2.45, 2.75) is 19.9 Å². The zero-order chi connectivity index (χ0) is 16.2. The molecule has 2 heterocycles. The molecule has 0 saturated carbocycles. The minimum Gasteiger partial charge on any atom is -0.483 e. The Morgan fingerprint density at radius 1 is 1.39 bits per heavy atom. The SMILES string of the molecule is Cc1cccc(C)c1OCC(=O)N1CCOC[C@H]1c1ncon1. The van der Waals surface area contributed by atoms with Gasteiger partial charge < -0.3 is 18.9 Å². The van der Waals surface area contributed by atoms with E-state index >= 15 is 0 Å². The van der Waals surface area contributed by atoms with Gasteiger partial charge in [0.25, 0.3) is 5.91 Å². The number of carbonyl (C=O) groups is 1. The predicted molar refractivity (Wildman–Crippen MR) is 81.0 cm³/mol. The molecule has 1 aliphatic rings. The average Bonchev–Trinajstić information content (AvgIpc) is 3.08. The molecule has 0 bridgehead atoms. The molecule has 122 valence electrons. The van der Waals surface area contributed by atoms with Crippen molar-refractivity contribution >= 4 is 5.91 Å². The van der Waals surface area contributed by atoms with Crippen LogP contribution in [0.2, 0.25) is 0 Å². The number of nitrogens with zero attached hydrogens (tertiary/aromatic N) is 3. The number of hydrogen-bond acceptors (Lipinski definition) is 6. The monoisotopic (exact) mass is 317 g/mol. The molecule has 23 heavy (non-hydrogen) atoms. The average molecular weight is 317 g/mol. The van der Waals surface area contributed by atoms with Gasteiger partial charge in [-0.1, -0.05) is 23.4 Å². The molecule has 0 radical (unpaired) electrons. The van der Waals surface area contributed by atoms with Crippen LogP contribution in [0.4, 0.5) is 0 Å². The molecule has 1 saturated heterocycles. The Balaban J connectivity index is 1.69. The van der Waals surface area contributed by atoms with Gasteiger partial charge in [0, 0.05) is 6.54 Å². The fraction of sp³-hybridized carbons (Fsp3) is 0.438. The smallest absolute Gasteiger partial charge is 0.261 e. The van der Waals surface area contributed by atoms with E-state index in [1.807, 2.05) is 32.0 Å². The van der Waals surface area contributed by atoms with Crippen LogP contribution in [0.3, 0.4) is 0 Å². The summed E-state index contributed by atoms with van der Waals surface area (Å²) in [6.45, 7) is 5.22. The fourth-order valence-electron chi connectivity index (χ4n) is 2.69. The second kappa shape index (κ2) is 6.78. The number of benzene rings is 1. The van der Waals surface area contributed by atoms with E-state index in [1.165, 1.54) is 6.39 Å². The van der Waals surface area contributed by atoms with Crippen molar-refractivity contribution in [1.82, 2.24) is 15.0 Å². The lowest BCUT2D eigenvalue weighted by molar-refractivity contribution is -0.142. The van der Waals surface area contributed by atoms with Gasteiger partial charge in [-0.15, -0.1) is 0 Å². The zero-order valence-corrected chi connectivity index (χ0v) is 13.2. The lowest BCUT2D eigenvalue weighted by Crippen LogP contribution is -2.45. The standard InChI is InChI=1S/C16H19N3O4/c1-11-4-3-5-12(2)15(11)22-9-14(20)19-6-7-21-8-13(19)16-17-10-23-18-16/h3-5,10,13H,6-9H2,1-2H3/t13-/m0/s1. The molecule has 1 atom stereocenters. The quantitative estimate of drug-likeness (QED) is 0.853. The molecule has 0 unspecified atom stereocenters. The number of hydrogen-bond donors (Lipinski definition) is 0. The molecule has 0 N–H and O–H groups in total. The summed E-state index contributed by atoms with van der Waals surface area (Å²) in [7, 11) is 0. The highest BCUT2D eigenvalue weighted by Gasteiger charge is 2.31. The Labute approximate surface area is 134 Å². The fourth-order valence-corrected chi connectivity index (χ4v) is 2.69. The highest BCUT2D eigenvalue weighted by Crippen LogP contribution is 2.24. The molecule has 2 aromatic rings. The summed E-state index contributed by atoms with van der Waals surface area (Å²) < 4.78 is 16.0. The zero-order valence-electron chi connectivity index (χ0n) is 13.2. The second-order valence-electron chi connectivity index (χ2n) is 5.48. The molecule has 0 aliphatic carbocycles. The maximum Gasteiger partial charge on any atom is 0.261 e. The van der Waals surface area contributed by atoms with Crippen molar-refractivity contribution in [1.29, 1.82) is 0 Å². The van der Waals surface area contributed by atoms with E-state index in [2.05, 4.69) is 10.1 Å². The molecule has 1 aliphatic heterocycles. The Hall–Kier alpha value is -2.41. The molecule has 1 amide bonds. The Morgan fingerprint density at radius 2 is 2.17 bits per heavy atom. The van der Waals surface area contributed by atoms with Gasteiger partial charge in [0.2, 0.25) is 6.39 Å². The highest BCUT2D eigenvalue weighted by molar-refractivity contribution is 5.78. The second-order valence-corrected chi connectivity index (χ2v) is 5.48. The summed E-state index contributed by atoms with van der Waals surface area (Å²) in [4.78, 5) is 18.3. The van der Waals surface area contributed by atoms with E-state index in [4.69, 9.17) is 14.0 Å². The van der Waals surface area contributed by atoms with Crippen molar-refractivity contribution in [2.75, 3.05) is 26.4 Å². The van der Waals surface area contributed by atoms with Crippen LogP contribution in [-0.2, 0) is 9.53 Å². The van der Waals surface area contributed by atoms with E-state index in [9.17, 15) is 4.79 Å². The molecular formula is C16H19N3O4. The van der Waals surface area contributed by atoms with E-state index < -0.39 is 0 Å². The summed E-state index contributed by atoms with van der Waals surface area (Å²) in [5.74, 6) is 1.08. The largest absolute Gasteiger partial charge is 0.483 e. The third-order valence-electron chi connectivity index (χ3n) is 3.87. The van der Waals surface area contributed by atoms with Gasteiger partial charge in [-0.25, -0.2) is 0 Å². The summed E-state index contributed by atoms with van der Waals surface area (Å²) in [6, 6.07) is 5.55. The van der Waals surface area contributed by atoms with Gasteiger partial charge in [-0.2, -0.15) is 4.98 Å². The molecule has 7 heteroatoms. The lowest BCUT2D eigenvalue weighted by atomic mass is 10.1. The van der Waals surface area contributed by atoms with Crippen molar-refractivity contribution < 1.29 is 18.8 Å². The lowest BCUT2D eigenvalue weighted by Gasteiger charge is -2.33. The topological polar surface area (TPSA) is 77.7 Å². The normalized spacial score (nSPS) is 18.0. The molecule has 1 aromatic heterocycles. The van der Waals surface area contributed by atoms with Gasteiger partial charge >= 0.3 is 0 Å². The minimum atomic E-state index is -0.337. The van der Waals surface area contributed by atoms with Crippen LogP contribution < -0.4 is 4.74 Å². The van der Waals surface area contributed by atoms with E-state index in [0.717, 1.165) is 16.9 Å². The van der Waals surface area contributed by atoms with E-state index in [0.29, 0.717) is 25.6 Å². The third-order valence-corrected chi connectivity index (χ3v) is 3.87. The number of carbonyl (C=O) groups excluding carboxylic acids is 1. The molecule has 1 fully saturated rings. The van der Waals surface area contributed by atoms with Gasteiger partial charge in [0.1, 0.15) is 11.8 Å². The first-order chi connectivity index (χ1) is 11.2. The van der Waals surface area contributed by atoms with Crippen LogP contribution >= 0.6 is 0 Å². The molecule has 1 aromatic carbocycles.